The van der Waals surface area contributed by atoms with Gasteiger partial charge in [-0.1, -0.05) is 24.3 Å². The number of carbonyl (C=O) groups excluding carboxylic acids is 1. The minimum absolute atomic E-state index is 0.116. The zero-order valence-corrected chi connectivity index (χ0v) is 16.5. The van der Waals surface area contributed by atoms with Gasteiger partial charge in [-0.2, -0.15) is 0 Å². The van der Waals surface area contributed by atoms with Crippen LogP contribution >= 0.6 is 0 Å². The lowest BCUT2D eigenvalue weighted by atomic mass is 10.1. The molecule has 0 aliphatic rings. The van der Waals surface area contributed by atoms with E-state index < -0.39 is 10.0 Å². The van der Waals surface area contributed by atoms with Gasteiger partial charge in [0, 0.05) is 12.1 Å². The van der Waals surface area contributed by atoms with Crippen LogP contribution in [0.2, 0.25) is 0 Å². The Balaban J connectivity index is 1.73. The molecule has 0 unspecified atom stereocenters. The van der Waals surface area contributed by atoms with Gasteiger partial charge >= 0.3 is 0 Å². The number of benzene rings is 2. The molecule has 2 aromatic rings. The van der Waals surface area contributed by atoms with Crippen LogP contribution in [-0.4, -0.2) is 20.9 Å². The van der Waals surface area contributed by atoms with Gasteiger partial charge in [-0.05, 0) is 61.6 Å². The molecule has 0 saturated heterocycles. The summed E-state index contributed by atoms with van der Waals surface area (Å²) in [7, 11) is -3.60. The molecule has 0 radical (unpaired) electrons. The number of nitrogens with one attached hydrogen (secondary N) is 1. The SMILES string of the molecule is Cc1ccc(C)c(OCCCCC(=O)Nc2cccc(CS(N)(=O)=O)c2)c1. The van der Waals surface area contributed by atoms with Gasteiger partial charge in [0.15, 0.2) is 0 Å². The molecular weight excluding hydrogens is 364 g/mol. The number of aryl methyl sites for hydroxylation is 2. The average molecular weight is 391 g/mol. The third kappa shape index (κ3) is 7.80. The predicted octanol–water partition coefficient (Wildman–Crippen LogP) is 3.28. The number of amides is 1. The van der Waals surface area contributed by atoms with Crippen LogP contribution in [0, 0.1) is 13.8 Å². The number of rotatable bonds is 9. The summed E-state index contributed by atoms with van der Waals surface area (Å²) >= 11 is 0. The summed E-state index contributed by atoms with van der Waals surface area (Å²) in [5.74, 6) is 0.507. The van der Waals surface area contributed by atoms with Crippen LogP contribution in [0.5, 0.6) is 5.75 Å². The Hall–Kier alpha value is -2.38. The van der Waals surface area contributed by atoms with Crippen LogP contribution in [0.4, 0.5) is 5.69 Å². The van der Waals surface area contributed by atoms with E-state index in [4.69, 9.17) is 9.88 Å². The highest BCUT2D eigenvalue weighted by Crippen LogP contribution is 2.19. The minimum Gasteiger partial charge on any atom is -0.493 e. The average Bonchev–Trinajstić information content (AvgIpc) is 2.56. The Morgan fingerprint density at radius 1 is 1.11 bits per heavy atom. The number of hydrogen-bond acceptors (Lipinski definition) is 4. The molecule has 0 saturated carbocycles. The van der Waals surface area contributed by atoms with Crippen molar-refractivity contribution in [3.05, 3.63) is 59.2 Å². The fourth-order valence-corrected chi connectivity index (χ4v) is 3.27. The van der Waals surface area contributed by atoms with Crippen LogP contribution in [0.25, 0.3) is 0 Å². The van der Waals surface area contributed by atoms with Crippen LogP contribution in [0.15, 0.2) is 42.5 Å². The number of sulfonamides is 1. The third-order valence-corrected chi connectivity index (χ3v) is 4.71. The van der Waals surface area contributed by atoms with E-state index in [1.807, 2.05) is 32.0 Å². The largest absolute Gasteiger partial charge is 0.493 e. The minimum atomic E-state index is -3.60. The quantitative estimate of drug-likeness (QED) is 0.642. The molecule has 0 bridgehead atoms. The number of unbranched alkanes of at least 4 members (excludes halogenated alkanes) is 1. The molecule has 0 aromatic heterocycles. The second-order valence-corrected chi connectivity index (χ2v) is 8.24. The maximum atomic E-state index is 12.0. The first-order valence-electron chi connectivity index (χ1n) is 8.82. The number of primary sulfonamides is 1. The number of anilines is 1. The molecule has 7 heteroatoms. The van der Waals surface area contributed by atoms with Crippen molar-refractivity contribution < 1.29 is 17.9 Å². The molecule has 0 heterocycles. The molecule has 0 fully saturated rings. The highest BCUT2D eigenvalue weighted by atomic mass is 32.2. The lowest BCUT2D eigenvalue weighted by Gasteiger charge is -2.10. The highest BCUT2D eigenvalue weighted by Gasteiger charge is 2.07. The maximum Gasteiger partial charge on any atom is 0.224 e. The Labute approximate surface area is 160 Å². The molecule has 27 heavy (non-hydrogen) atoms. The normalized spacial score (nSPS) is 11.2. The summed E-state index contributed by atoms with van der Waals surface area (Å²) in [6.07, 6.45) is 1.84. The van der Waals surface area contributed by atoms with E-state index >= 15 is 0 Å². The van der Waals surface area contributed by atoms with Crippen molar-refractivity contribution in [2.24, 2.45) is 5.14 Å². The van der Waals surface area contributed by atoms with E-state index in [0.29, 0.717) is 30.7 Å². The van der Waals surface area contributed by atoms with E-state index in [0.717, 1.165) is 23.3 Å². The first-order valence-corrected chi connectivity index (χ1v) is 10.5. The van der Waals surface area contributed by atoms with Crippen LogP contribution in [0.1, 0.15) is 36.0 Å². The number of nitrogens with two attached hydrogens (primary N) is 1. The van der Waals surface area contributed by atoms with Crippen molar-refractivity contribution >= 4 is 21.6 Å². The zero-order chi connectivity index (χ0) is 19.9. The predicted molar refractivity (Wildman–Crippen MR) is 107 cm³/mol. The summed E-state index contributed by atoms with van der Waals surface area (Å²) in [5.41, 5.74) is 3.35. The van der Waals surface area contributed by atoms with E-state index in [9.17, 15) is 13.2 Å². The second kappa shape index (κ2) is 9.53. The van der Waals surface area contributed by atoms with Gasteiger partial charge in [-0.25, -0.2) is 13.6 Å². The Bertz CT molecular complexity index is 895. The third-order valence-electron chi connectivity index (χ3n) is 3.98. The van der Waals surface area contributed by atoms with Crippen molar-refractivity contribution in [3.63, 3.8) is 0 Å². The summed E-state index contributed by atoms with van der Waals surface area (Å²) < 4.78 is 28.1. The topological polar surface area (TPSA) is 98.5 Å². The Morgan fingerprint density at radius 3 is 2.63 bits per heavy atom. The van der Waals surface area contributed by atoms with Gasteiger partial charge in [0.2, 0.25) is 15.9 Å². The molecule has 0 atom stereocenters. The molecule has 146 valence electrons. The van der Waals surface area contributed by atoms with Crippen LogP contribution < -0.4 is 15.2 Å². The summed E-state index contributed by atoms with van der Waals surface area (Å²) in [4.78, 5) is 12.0. The van der Waals surface area contributed by atoms with Crippen LogP contribution in [-0.2, 0) is 20.6 Å². The van der Waals surface area contributed by atoms with Gasteiger partial charge in [-0.15, -0.1) is 0 Å². The van der Waals surface area contributed by atoms with Gasteiger partial charge < -0.3 is 10.1 Å². The maximum absolute atomic E-state index is 12.0. The molecule has 3 N–H and O–H groups in total. The monoisotopic (exact) mass is 390 g/mol. The molecule has 0 spiro atoms. The van der Waals surface area contributed by atoms with Crippen molar-refractivity contribution in [2.75, 3.05) is 11.9 Å². The first-order chi connectivity index (χ1) is 12.7. The van der Waals surface area contributed by atoms with Gasteiger partial charge in [0.1, 0.15) is 5.75 Å². The van der Waals surface area contributed by atoms with Crippen molar-refractivity contribution in [1.29, 1.82) is 0 Å². The molecule has 1 amide bonds. The molecule has 0 aliphatic heterocycles. The van der Waals surface area contributed by atoms with E-state index in [1.165, 1.54) is 0 Å². The number of hydrogen-bond donors (Lipinski definition) is 2. The molecule has 0 aliphatic carbocycles. The summed E-state index contributed by atoms with van der Waals surface area (Å²) in [5, 5.41) is 7.82. The number of ether oxygens (including phenoxy) is 1. The number of carbonyl (C=O) groups is 1. The van der Waals surface area contributed by atoms with Gasteiger partial charge in [0.05, 0.1) is 12.4 Å². The summed E-state index contributed by atoms with van der Waals surface area (Å²) in [6.45, 7) is 4.59. The van der Waals surface area contributed by atoms with Crippen molar-refractivity contribution in [2.45, 2.75) is 38.9 Å². The standard InChI is InChI=1S/C20H26N2O4S/c1-15-9-10-16(2)19(12-15)26-11-4-3-8-20(23)22-18-7-5-6-17(13-18)14-27(21,24)25/h5-7,9-10,12-13H,3-4,8,11,14H2,1-2H3,(H,22,23)(H2,21,24,25). The van der Waals surface area contributed by atoms with E-state index in [2.05, 4.69) is 5.32 Å². The smallest absolute Gasteiger partial charge is 0.224 e. The molecular formula is C20H26N2O4S. The molecule has 2 aromatic carbocycles. The molecule has 6 nitrogen and oxygen atoms in total. The van der Waals surface area contributed by atoms with E-state index in [1.54, 1.807) is 24.3 Å². The van der Waals surface area contributed by atoms with Crippen LogP contribution in [0.3, 0.4) is 0 Å². The lowest BCUT2D eigenvalue weighted by molar-refractivity contribution is -0.116. The van der Waals surface area contributed by atoms with Gasteiger partial charge in [0.25, 0.3) is 0 Å². The van der Waals surface area contributed by atoms with Crippen molar-refractivity contribution in [1.82, 2.24) is 0 Å². The Morgan fingerprint density at radius 2 is 1.89 bits per heavy atom. The Kier molecular flexibility index (Phi) is 7.38. The van der Waals surface area contributed by atoms with Crippen molar-refractivity contribution in [3.8, 4) is 5.75 Å². The summed E-state index contributed by atoms with van der Waals surface area (Å²) in [6, 6.07) is 12.8. The fraction of sp³-hybridized carbons (Fsp3) is 0.350. The zero-order valence-electron chi connectivity index (χ0n) is 15.7. The lowest BCUT2D eigenvalue weighted by Crippen LogP contribution is -2.15. The van der Waals surface area contributed by atoms with E-state index in [-0.39, 0.29) is 11.7 Å². The molecule has 2 rings (SSSR count). The van der Waals surface area contributed by atoms with Gasteiger partial charge in [-0.3, -0.25) is 4.79 Å². The first kappa shape index (κ1) is 20.9. The fourth-order valence-electron chi connectivity index (χ4n) is 2.63. The highest BCUT2D eigenvalue weighted by molar-refractivity contribution is 7.88. The second-order valence-electron chi connectivity index (χ2n) is 6.63.